The summed E-state index contributed by atoms with van der Waals surface area (Å²) in [4.78, 5) is 4.49. The van der Waals surface area contributed by atoms with Crippen LogP contribution in [0.4, 0.5) is 0 Å². The minimum Gasteiger partial charge on any atom is -0.339 e. The first-order valence-corrected chi connectivity index (χ1v) is 9.29. The first kappa shape index (κ1) is 16.7. The van der Waals surface area contributed by atoms with E-state index in [9.17, 15) is 0 Å². The molecule has 4 nitrogen and oxygen atoms in total. The first-order chi connectivity index (χ1) is 11.2. The largest absolute Gasteiger partial charge is 0.339 e. The van der Waals surface area contributed by atoms with E-state index in [1.807, 2.05) is 0 Å². The topological polar surface area (TPSA) is 51.0 Å². The van der Waals surface area contributed by atoms with E-state index in [0.717, 1.165) is 48.3 Å². The Hall–Kier alpha value is -1.20. The quantitative estimate of drug-likeness (QED) is 0.814. The van der Waals surface area contributed by atoms with Crippen LogP contribution in [-0.4, -0.2) is 16.2 Å². The lowest BCUT2D eigenvalue weighted by Gasteiger charge is -2.30. The van der Waals surface area contributed by atoms with Crippen LogP contribution in [0.5, 0.6) is 0 Å². The molecule has 124 valence electrons. The van der Waals surface area contributed by atoms with Crippen molar-refractivity contribution in [1.82, 2.24) is 15.5 Å². The van der Waals surface area contributed by atoms with Crippen LogP contribution < -0.4 is 5.32 Å². The van der Waals surface area contributed by atoms with E-state index in [1.165, 1.54) is 5.56 Å². The third-order valence-electron chi connectivity index (χ3n) is 4.71. The molecule has 0 spiro atoms. The highest BCUT2D eigenvalue weighted by atomic mass is 79.9. The highest BCUT2D eigenvalue weighted by Crippen LogP contribution is 2.33. The minimum atomic E-state index is 0.365. The van der Waals surface area contributed by atoms with Gasteiger partial charge < -0.3 is 9.84 Å². The predicted octanol–water partition coefficient (Wildman–Crippen LogP) is 4.77. The number of rotatable bonds is 5. The normalized spacial score (nSPS) is 22.9. The van der Waals surface area contributed by atoms with E-state index in [0.29, 0.717) is 18.0 Å². The summed E-state index contributed by atoms with van der Waals surface area (Å²) in [7, 11) is 0. The van der Waals surface area contributed by atoms with Crippen molar-refractivity contribution in [2.45, 2.75) is 64.0 Å². The Balaban J connectivity index is 1.52. The molecule has 0 radical (unpaired) electrons. The molecule has 1 saturated carbocycles. The third-order valence-corrected chi connectivity index (χ3v) is 5.20. The molecule has 0 aliphatic heterocycles. The summed E-state index contributed by atoms with van der Waals surface area (Å²) in [5, 5.41) is 7.78. The van der Waals surface area contributed by atoms with E-state index in [1.54, 1.807) is 0 Å². The van der Waals surface area contributed by atoms with Crippen LogP contribution in [0.1, 0.15) is 68.8 Å². The SMILES string of the molecule is CCc1noc(C2CCC(NC(C)c3cccc(Br)c3)CC2)n1. The fourth-order valence-electron chi connectivity index (χ4n) is 3.31. The summed E-state index contributed by atoms with van der Waals surface area (Å²) in [5.74, 6) is 2.09. The third kappa shape index (κ3) is 4.21. The van der Waals surface area contributed by atoms with Gasteiger partial charge in [0.25, 0.3) is 0 Å². The lowest BCUT2D eigenvalue weighted by atomic mass is 9.85. The Morgan fingerprint density at radius 2 is 2.09 bits per heavy atom. The fourth-order valence-corrected chi connectivity index (χ4v) is 3.73. The van der Waals surface area contributed by atoms with Crippen LogP contribution in [0.15, 0.2) is 33.3 Å². The highest BCUT2D eigenvalue weighted by molar-refractivity contribution is 9.10. The summed E-state index contributed by atoms with van der Waals surface area (Å²) in [6, 6.07) is 9.45. The van der Waals surface area contributed by atoms with Gasteiger partial charge >= 0.3 is 0 Å². The summed E-state index contributed by atoms with van der Waals surface area (Å²) < 4.78 is 6.54. The molecule has 1 aromatic heterocycles. The van der Waals surface area contributed by atoms with Gasteiger partial charge in [0.2, 0.25) is 5.89 Å². The zero-order valence-corrected chi connectivity index (χ0v) is 15.3. The molecule has 1 aromatic carbocycles. The maximum atomic E-state index is 5.41. The number of nitrogens with zero attached hydrogens (tertiary/aromatic N) is 2. The van der Waals surface area contributed by atoms with Crippen LogP contribution in [0.3, 0.4) is 0 Å². The number of hydrogen-bond acceptors (Lipinski definition) is 4. The second-order valence-corrected chi connectivity index (χ2v) is 7.31. The van der Waals surface area contributed by atoms with Gasteiger partial charge in [-0.25, -0.2) is 0 Å². The maximum absolute atomic E-state index is 5.41. The monoisotopic (exact) mass is 377 g/mol. The molecule has 5 heteroatoms. The lowest BCUT2D eigenvalue weighted by Crippen LogP contribution is -2.34. The van der Waals surface area contributed by atoms with Crippen molar-refractivity contribution in [2.24, 2.45) is 0 Å². The van der Waals surface area contributed by atoms with Crippen LogP contribution in [0.2, 0.25) is 0 Å². The van der Waals surface area contributed by atoms with Crippen LogP contribution >= 0.6 is 15.9 Å². The molecule has 2 aromatic rings. The first-order valence-electron chi connectivity index (χ1n) is 8.49. The van der Waals surface area contributed by atoms with Crippen molar-refractivity contribution in [3.05, 3.63) is 46.0 Å². The molecule has 0 saturated heterocycles. The zero-order valence-electron chi connectivity index (χ0n) is 13.8. The van der Waals surface area contributed by atoms with Crippen molar-refractivity contribution >= 4 is 15.9 Å². The molecule has 1 atom stereocenters. The minimum absolute atomic E-state index is 0.365. The van der Waals surface area contributed by atoms with E-state index in [-0.39, 0.29) is 0 Å². The van der Waals surface area contributed by atoms with Crippen molar-refractivity contribution in [2.75, 3.05) is 0 Å². The van der Waals surface area contributed by atoms with Crippen molar-refractivity contribution in [1.29, 1.82) is 0 Å². The lowest BCUT2D eigenvalue weighted by molar-refractivity contribution is 0.273. The standard InChI is InChI=1S/C18H24BrN3O/c1-3-17-21-18(23-22-17)13-7-9-16(10-8-13)20-12(2)14-5-4-6-15(19)11-14/h4-6,11-13,16,20H,3,7-10H2,1-2H3. The van der Waals surface area contributed by atoms with E-state index in [2.05, 4.69) is 69.5 Å². The molecule has 1 unspecified atom stereocenters. The molecule has 1 heterocycles. The Morgan fingerprint density at radius 3 is 2.74 bits per heavy atom. The van der Waals surface area contributed by atoms with Gasteiger partial charge in [-0.15, -0.1) is 0 Å². The molecule has 1 fully saturated rings. The molecular formula is C18H24BrN3O. The molecule has 3 rings (SSSR count). The summed E-state index contributed by atoms with van der Waals surface area (Å²) in [6.07, 6.45) is 5.40. The maximum Gasteiger partial charge on any atom is 0.229 e. The molecule has 0 bridgehead atoms. The molecular weight excluding hydrogens is 354 g/mol. The van der Waals surface area contributed by atoms with Gasteiger partial charge in [0.1, 0.15) is 0 Å². The number of nitrogens with one attached hydrogen (secondary N) is 1. The number of benzene rings is 1. The highest BCUT2D eigenvalue weighted by Gasteiger charge is 2.27. The average Bonchev–Trinajstić information content (AvgIpc) is 3.04. The number of aryl methyl sites for hydroxylation is 1. The van der Waals surface area contributed by atoms with Crippen molar-refractivity contribution in [3.8, 4) is 0 Å². The van der Waals surface area contributed by atoms with Crippen LogP contribution in [-0.2, 0) is 6.42 Å². The number of halogens is 1. The van der Waals surface area contributed by atoms with E-state index >= 15 is 0 Å². The molecule has 23 heavy (non-hydrogen) atoms. The van der Waals surface area contributed by atoms with Gasteiger partial charge in [-0.1, -0.05) is 40.1 Å². The van der Waals surface area contributed by atoms with E-state index < -0.39 is 0 Å². The number of aromatic nitrogens is 2. The van der Waals surface area contributed by atoms with Gasteiger partial charge in [-0.2, -0.15) is 4.98 Å². The Bertz CT molecular complexity index is 635. The van der Waals surface area contributed by atoms with Crippen molar-refractivity contribution < 1.29 is 4.52 Å². The van der Waals surface area contributed by atoms with Gasteiger partial charge in [-0.05, 0) is 50.3 Å². The van der Waals surface area contributed by atoms with Gasteiger partial charge in [0, 0.05) is 28.9 Å². The summed E-state index contributed by atoms with van der Waals surface area (Å²) >= 11 is 3.55. The predicted molar refractivity (Wildman–Crippen MR) is 94.4 cm³/mol. The Labute approximate surface area is 146 Å². The second kappa shape index (κ2) is 7.58. The van der Waals surface area contributed by atoms with Crippen molar-refractivity contribution in [3.63, 3.8) is 0 Å². The average molecular weight is 378 g/mol. The molecule has 1 aliphatic rings. The Kier molecular flexibility index (Phi) is 5.49. The summed E-state index contributed by atoms with van der Waals surface area (Å²) in [6.45, 7) is 4.29. The van der Waals surface area contributed by atoms with Crippen LogP contribution in [0.25, 0.3) is 0 Å². The fraction of sp³-hybridized carbons (Fsp3) is 0.556. The second-order valence-electron chi connectivity index (χ2n) is 6.39. The van der Waals surface area contributed by atoms with E-state index in [4.69, 9.17) is 4.52 Å². The molecule has 1 aliphatic carbocycles. The molecule has 0 amide bonds. The Morgan fingerprint density at radius 1 is 1.30 bits per heavy atom. The van der Waals surface area contributed by atoms with Gasteiger partial charge in [0.05, 0.1) is 0 Å². The van der Waals surface area contributed by atoms with Crippen LogP contribution in [0, 0.1) is 0 Å². The molecule has 1 N–H and O–H groups in total. The smallest absolute Gasteiger partial charge is 0.229 e. The van der Waals surface area contributed by atoms with Gasteiger partial charge in [0.15, 0.2) is 5.82 Å². The van der Waals surface area contributed by atoms with Gasteiger partial charge in [-0.3, -0.25) is 0 Å². The zero-order chi connectivity index (χ0) is 16.2. The summed E-state index contributed by atoms with van der Waals surface area (Å²) in [5.41, 5.74) is 1.32. The number of hydrogen-bond donors (Lipinski definition) is 1.